The molecular formula is C42H78. The van der Waals surface area contributed by atoms with Crippen molar-refractivity contribution in [2.24, 2.45) is 27.6 Å². The number of hydrogen-bond acceptors (Lipinski definition) is 0. The van der Waals surface area contributed by atoms with E-state index in [0.29, 0.717) is 27.6 Å². The maximum absolute atomic E-state index is 3.19. The average molecular weight is 583 g/mol. The van der Waals surface area contributed by atoms with Gasteiger partial charge >= 0.3 is 0 Å². The van der Waals surface area contributed by atoms with Crippen LogP contribution in [0.25, 0.3) is 0 Å². The highest BCUT2D eigenvalue weighted by Crippen LogP contribution is 2.23. The summed E-state index contributed by atoms with van der Waals surface area (Å²) in [6.45, 7) is 36.2. The van der Waals surface area contributed by atoms with Gasteiger partial charge in [0.05, 0.1) is 0 Å². The molecule has 1 aromatic carbocycles. The largest absolute Gasteiger partial charge is 0.0973 e. The minimum Gasteiger partial charge on any atom is -0.0973 e. The van der Waals surface area contributed by atoms with Gasteiger partial charge in [-0.25, -0.2) is 0 Å². The predicted molar refractivity (Wildman–Crippen MR) is 197 cm³/mol. The van der Waals surface area contributed by atoms with Crippen molar-refractivity contribution in [3.63, 3.8) is 0 Å². The highest BCUT2D eigenvalue weighted by Gasteiger charge is 2.09. The Labute approximate surface area is 268 Å². The molecular weight excluding hydrogens is 504 g/mol. The molecule has 0 fully saturated rings. The molecule has 0 amide bonds. The molecule has 0 atom stereocenters. The minimum absolute atomic E-state index is 0.307. The van der Waals surface area contributed by atoms with Crippen molar-refractivity contribution in [3.05, 3.63) is 48.0 Å². The maximum atomic E-state index is 3.19. The van der Waals surface area contributed by atoms with E-state index in [2.05, 4.69) is 135 Å². The van der Waals surface area contributed by atoms with Crippen molar-refractivity contribution in [2.45, 2.75) is 181 Å². The van der Waals surface area contributed by atoms with Gasteiger partial charge in [0.15, 0.2) is 0 Å². The molecule has 0 saturated heterocycles. The Bertz CT molecular complexity index is 783. The van der Waals surface area contributed by atoms with Gasteiger partial charge in [-0.2, -0.15) is 0 Å². The summed E-state index contributed by atoms with van der Waals surface area (Å²) >= 11 is 0. The summed E-state index contributed by atoms with van der Waals surface area (Å²) in [6, 6.07) is 10.1. The second kappa shape index (κ2) is 24.9. The second-order valence-corrected chi connectivity index (χ2v) is 17.2. The molecule has 0 spiro atoms. The fourth-order valence-corrected chi connectivity index (χ4v) is 3.61. The number of unbranched alkanes of at least 4 members (excludes halogenated alkanes) is 5. The first-order valence-electron chi connectivity index (χ1n) is 17.3. The third-order valence-corrected chi connectivity index (χ3v) is 6.19. The molecule has 1 rings (SSSR count). The molecule has 0 aliphatic rings. The summed E-state index contributed by atoms with van der Waals surface area (Å²) < 4.78 is 0. The minimum atomic E-state index is 0.307. The zero-order valence-electron chi connectivity index (χ0n) is 31.9. The van der Waals surface area contributed by atoms with E-state index in [1.54, 1.807) is 0 Å². The number of hydrogen-bond donors (Lipinski definition) is 0. The van der Waals surface area contributed by atoms with Crippen molar-refractivity contribution < 1.29 is 0 Å². The molecule has 0 unspecified atom stereocenters. The molecule has 0 aromatic heterocycles. The van der Waals surface area contributed by atoms with Crippen molar-refractivity contribution in [2.75, 3.05) is 0 Å². The standard InChI is InChI=1S/C13H16.C10H20.C10H22.C9H20/c1-13(2,3)11-7-10-12-8-5-4-6-9-12;1-9(2)7-6-8-10(3,4)5;1-5-6-7-8-9-10(2,3)4;1-5-6-7-8-9(2,3)4/h4-6,8-9H,11H2,1-3H3;6-7,9H,8H2,1-5H3;5-9H2,1-4H3;5-8H2,1-4H3/b;7-6+;;. The van der Waals surface area contributed by atoms with Gasteiger partial charge in [-0.15, -0.1) is 0 Å². The topological polar surface area (TPSA) is 0 Å². The Morgan fingerprint density at radius 1 is 0.595 bits per heavy atom. The molecule has 0 bridgehead atoms. The van der Waals surface area contributed by atoms with Crippen LogP contribution in [0.15, 0.2) is 42.5 Å². The van der Waals surface area contributed by atoms with E-state index in [0.717, 1.165) is 12.0 Å². The van der Waals surface area contributed by atoms with Crippen molar-refractivity contribution in [1.29, 1.82) is 0 Å². The van der Waals surface area contributed by atoms with Crippen LogP contribution >= 0.6 is 0 Å². The summed E-state index contributed by atoms with van der Waals surface area (Å²) in [5, 5.41) is 0. The summed E-state index contributed by atoms with van der Waals surface area (Å²) in [6.07, 6.45) is 19.2. The molecule has 0 aliphatic carbocycles. The zero-order valence-corrected chi connectivity index (χ0v) is 31.9. The van der Waals surface area contributed by atoms with Crippen LogP contribution in [-0.4, -0.2) is 0 Å². The normalized spacial score (nSPS) is 11.8. The zero-order chi connectivity index (χ0) is 33.3. The van der Waals surface area contributed by atoms with E-state index in [4.69, 9.17) is 0 Å². The molecule has 0 radical (unpaired) electrons. The van der Waals surface area contributed by atoms with Crippen LogP contribution in [0.2, 0.25) is 0 Å². The lowest BCUT2D eigenvalue weighted by Crippen LogP contribution is -2.03. The van der Waals surface area contributed by atoms with Crippen LogP contribution in [-0.2, 0) is 0 Å². The molecule has 0 saturated carbocycles. The summed E-state index contributed by atoms with van der Waals surface area (Å²) in [7, 11) is 0. The van der Waals surface area contributed by atoms with Crippen molar-refractivity contribution in [1.82, 2.24) is 0 Å². The molecule has 0 heterocycles. The monoisotopic (exact) mass is 583 g/mol. The average Bonchev–Trinajstić information content (AvgIpc) is 2.81. The Morgan fingerprint density at radius 2 is 1.05 bits per heavy atom. The lowest BCUT2D eigenvalue weighted by atomic mass is 9.89. The Kier molecular flexibility index (Phi) is 26.7. The fourth-order valence-electron chi connectivity index (χ4n) is 3.61. The first-order valence-corrected chi connectivity index (χ1v) is 17.3. The van der Waals surface area contributed by atoms with Gasteiger partial charge in [-0.3, -0.25) is 0 Å². The smallest absolute Gasteiger partial charge is 0.0245 e. The highest BCUT2D eigenvalue weighted by atomic mass is 14.1. The lowest BCUT2D eigenvalue weighted by molar-refractivity contribution is 0.357. The van der Waals surface area contributed by atoms with Gasteiger partial charge in [0.25, 0.3) is 0 Å². The molecule has 246 valence electrons. The Hall–Kier alpha value is -1.48. The van der Waals surface area contributed by atoms with E-state index < -0.39 is 0 Å². The molecule has 42 heavy (non-hydrogen) atoms. The van der Waals surface area contributed by atoms with E-state index in [1.165, 1.54) is 64.2 Å². The van der Waals surface area contributed by atoms with Crippen LogP contribution < -0.4 is 0 Å². The van der Waals surface area contributed by atoms with Crippen LogP contribution in [0.1, 0.15) is 187 Å². The predicted octanol–water partition coefficient (Wildman–Crippen LogP) is 14.7. The quantitative estimate of drug-likeness (QED) is 0.154. The van der Waals surface area contributed by atoms with Gasteiger partial charge in [-0.1, -0.05) is 198 Å². The third-order valence-electron chi connectivity index (χ3n) is 6.19. The van der Waals surface area contributed by atoms with E-state index in [9.17, 15) is 0 Å². The highest BCUT2D eigenvalue weighted by molar-refractivity contribution is 5.33. The van der Waals surface area contributed by atoms with Crippen LogP contribution in [0.5, 0.6) is 0 Å². The lowest BCUT2D eigenvalue weighted by Gasteiger charge is -2.17. The molecule has 0 N–H and O–H groups in total. The number of benzene rings is 1. The van der Waals surface area contributed by atoms with E-state index in [-0.39, 0.29) is 0 Å². The van der Waals surface area contributed by atoms with Gasteiger partial charge in [0.2, 0.25) is 0 Å². The first kappa shape index (κ1) is 45.0. The Morgan fingerprint density at radius 3 is 1.43 bits per heavy atom. The SMILES string of the molecule is CC(C)(C)CC#Cc1ccccc1.CC(C)/C=C/CC(C)(C)C.CCCCCC(C)(C)C.CCCCCCC(C)(C)C. The van der Waals surface area contributed by atoms with E-state index >= 15 is 0 Å². The summed E-state index contributed by atoms with van der Waals surface area (Å²) in [5.41, 5.74) is 2.96. The van der Waals surface area contributed by atoms with Crippen molar-refractivity contribution in [3.8, 4) is 11.8 Å². The van der Waals surface area contributed by atoms with E-state index in [1.807, 2.05) is 30.3 Å². The van der Waals surface area contributed by atoms with Gasteiger partial charge < -0.3 is 0 Å². The third kappa shape index (κ3) is 48.3. The molecule has 0 aliphatic heterocycles. The Balaban J connectivity index is -0.000000489. The van der Waals surface area contributed by atoms with Crippen LogP contribution in [0, 0.1) is 39.4 Å². The second-order valence-electron chi connectivity index (χ2n) is 17.2. The summed E-state index contributed by atoms with van der Waals surface area (Å²) in [5.74, 6) is 7.04. The number of rotatable bonds is 9. The van der Waals surface area contributed by atoms with Gasteiger partial charge in [-0.05, 0) is 59.0 Å². The molecule has 0 heteroatoms. The van der Waals surface area contributed by atoms with Crippen LogP contribution in [0.3, 0.4) is 0 Å². The fraction of sp³-hybridized carbons (Fsp3) is 0.762. The number of allylic oxidation sites excluding steroid dienone is 2. The van der Waals surface area contributed by atoms with Crippen molar-refractivity contribution >= 4 is 0 Å². The maximum Gasteiger partial charge on any atom is 0.0245 e. The molecule has 1 aromatic rings. The van der Waals surface area contributed by atoms with Crippen LogP contribution in [0.4, 0.5) is 0 Å². The van der Waals surface area contributed by atoms with Gasteiger partial charge in [0.1, 0.15) is 0 Å². The van der Waals surface area contributed by atoms with Gasteiger partial charge in [0, 0.05) is 12.0 Å². The molecule has 0 nitrogen and oxygen atoms in total. The first-order chi connectivity index (χ1) is 19.1. The summed E-state index contributed by atoms with van der Waals surface area (Å²) in [4.78, 5) is 0.